The van der Waals surface area contributed by atoms with Crippen molar-refractivity contribution in [2.45, 2.75) is 25.4 Å². The number of terminal acetylenes is 1. The zero-order valence-corrected chi connectivity index (χ0v) is 8.93. The summed E-state index contributed by atoms with van der Waals surface area (Å²) in [6.07, 6.45) is 11.0. The first kappa shape index (κ1) is 10.7. The van der Waals surface area contributed by atoms with Crippen molar-refractivity contribution in [3.8, 4) is 12.3 Å². The first-order valence-corrected chi connectivity index (χ1v) is 5.35. The number of nitrogens with zero attached hydrogens (tertiary/aromatic N) is 1. The van der Waals surface area contributed by atoms with Gasteiger partial charge in [0.1, 0.15) is 6.10 Å². The summed E-state index contributed by atoms with van der Waals surface area (Å²) in [7, 11) is 0. The topological polar surface area (TPSA) is 39.2 Å². The normalized spacial score (nSPS) is 16.2. The zero-order chi connectivity index (χ0) is 11.4. The maximum absolute atomic E-state index is 11.7. The predicted octanol–water partition coefficient (Wildman–Crippen LogP) is 2.04. The van der Waals surface area contributed by atoms with Gasteiger partial charge in [-0.2, -0.15) is 0 Å². The van der Waals surface area contributed by atoms with E-state index in [9.17, 15) is 4.79 Å². The van der Waals surface area contributed by atoms with Gasteiger partial charge in [0.25, 0.3) is 0 Å². The molecule has 0 amide bonds. The molecule has 0 aromatic carbocycles. The van der Waals surface area contributed by atoms with Gasteiger partial charge in [0, 0.05) is 18.8 Å². The zero-order valence-electron chi connectivity index (χ0n) is 8.93. The van der Waals surface area contributed by atoms with E-state index in [0.717, 1.165) is 12.8 Å². The number of carbonyl (C=O) groups excluding carboxylic acids is 1. The van der Waals surface area contributed by atoms with Crippen LogP contribution in [0.25, 0.3) is 0 Å². The molecular formula is C13H13NO2. The maximum atomic E-state index is 11.7. The van der Waals surface area contributed by atoms with E-state index in [1.807, 2.05) is 0 Å². The highest BCUT2D eigenvalue weighted by molar-refractivity contribution is 5.89. The van der Waals surface area contributed by atoms with Gasteiger partial charge >= 0.3 is 5.97 Å². The molecule has 1 heterocycles. The van der Waals surface area contributed by atoms with Crippen molar-refractivity contribution in [1.82, 2.24) is 4.98 Å². The van der Waals surface area contributed by atoms with Crippen LogP contribution in [-0.2, 0) is 4.74 Å². The molecule has 0 bridgehead atoms. The lowest BCUT2D eigenvalue weighted by Crippen LogP contribution is -2.20. The van der Waals surface area contributed by atoms with Crippen LogP contribution in [0, 0.1) is 18.3 Å². The Kier molecular flexibility index (Phi) is 3.21. The molecule has 0 N–H and O–H groups in total. The van der Waals surface area contributed by atoms with Gasteiger partial charge < -0.3 is 4.74 Å². The summed E-state index contributed by atoms with van der Waals surface area (Å²) in [6, 6.07) is 3.40. The molecular weight excluding hydrogens is 202 g/mol. The number of ether oxygens (including phenoxy) is 1. The van der Waals surface area contributed by atoms with Crippen LogP contribution >= 0.6 is 0 Å². The summed E-state index contributed by atoms with van der Waals surface area (Å²) >= 11 is 0. The molecule has 1 aromatic heterocycles. The Morgan fingerprint density at radius 2 is 2.50 bits per heavy atom. The van der Waals surface area contributed by atoms with E-state index in [-0.39, 0.29) is 12.1 Å². The Labute approximate surface area is 94.8 Å². The third-order valence-electron chi connectivity index (χ3n) is 2.62. The van der Waals surface area contributed by atoms with Gasteiger partial charge in [-0.3, -0.25) is 4.98 Å². The highest BCUT2D eigenvalue weighted by Gasteiger charge is 2.33. The summed E-state index contributed by atoms with van der Waals surface area (Å²) in [5.41, 5.74) is 0.477. The molecule has 0 unspecified atom stereocenters. The molecule has 1 aliphatic rings. The van der Waals surface area contributed by atoms with E-state index < -0.39 is 0 Å². The third-order valence-corrected chi connectivity index (χ3v) is 2.62. The van der Waals surface area contributed by atoms with Crippen LogP contribution in [0.15, 0.2) is 24.5 Å². The number of esters is 1. The lowest BCUT2D eigenvalue weighted by atomic mass is 10.1. The molecule has 0 spiro atoms. The SMILES string of the molecule is C#CC[C@H](OC(=O)c1cccnc1)C1CC1. The standard InChI is InChI=1S/C13H13NO2/c1-2-4-12(10-6-7-10)16-13(15)11-5-3-8-14-9-11/h1,3,5,8-10,12H,4,6-7H2/t12-/m0/s1. The van der Waals surface area contributed by atoms with Gasteiger partial charge in [-0.1, -0.05) is 0 Å². The van der Waals surface area contributed by atoms with Gasteiger partial charge in [0.05, 0.1) is 5.56 Å². The largest absolute Gasteiger partial charge is 0.457 e. The molecule has 1 atom stereocenters. The fraction of sp³-hybridized carbons (Fsp3) is 0.385. The second kappa shape index (κ2) is 4.80. The Morgan fingerprint density at radius 3 is 3.06 bits per heavy atom. The van der Waals surface area contributed by atoms with Crippen molar-refractivity contribution in [3.05, 3.63) is 30.1 Å². The monoisotopic (exact) mass is 215 g/mol. The molecule has 0 radical (unpaired) electrons. The molecule has 0 saturated heterocycles. The molecule has 82 valence electrons. The minimum absolute atomic E-state index is 0.127. The number of rotatable bonds is 4. The Bertz CT molecular complexity index is 404. The first-order chi connectivity index (χ1) is 7.81. The quantitative estimate of drug-likeness (QED) is 0.570. The molecule has 1 aliphatic carbocycles. The van der Waals surface area contributed by atoms with Crippen LogP contribution in [0.2, 0.25) is 0 Å². The van der Waals surface area contributed by atoms with Gasteiger partial charge in [-0.05, 0) is 30.9 Å². The highest BCUT2D eigenvalue weighted by Crippen LogP contribution is 2.36. The predicted molar refractivity (Wildman–Crippen MR) is 59.6 cm³/mol. The van der Waals surface area contributed by atoms with E-state index in [1.54, 1.807) is 18.3 Å². The van der Waals surface area contributed by atoms with Crippen molar-refractivity contribution < 1.29 is 9.53 Å². The molecule has 3 nitrogen and oxygen atoms in total. The smallest absolute Gasteiger partial charge is 0.340 e. The minimum Gasteiger partial charge on any atom is -0.457 e. The molecule has 1 aromatic rings. The van der Waals surface area contributed by atoms with Gasteiger partial charge in [-0.25, -0.2) is 4.79 Å². The van der Waals surface area contributed by atoms with Crippen molar-refractivity contribution in [3.63, 3.8) is 0 Å². The number of aromatic nitrogens is 1. The van der Waals surface area contributed by atoms with E-state index in [1.165, 1.54) is 6.20 Å². The van der Waals surface area contributed by atoms with Crippen LogP contribution in [0.5, 0.6) is 0 Å². The average molecular weight is 215 g/mol. The van der Waals surface area contributed by atoms with Gasteiger partial charge in [0.2, 0.25) is 0 Å². The van der Waals surface area contributed by atoms with Crippen molar-refractivity contribution >= 4 is 5.97 Å². The fourth-order valence-corrected chi connectivity index (χ4v) is 1.58. The van der Waals surface area contributed by atoms with Gasteiger partial charge in [-0.15, -0.1) is 12.3 Å². The first-order valence-electron chi connectivity index (χ1n) is 5.35. The molecule has 16 heavy (non-hydrogen) atoms. The summed E-state index contributed by atoms with van der Waals surface area (Å²) in [6.45, 7) is 0. The van der Waals surface area contributed by atoms with E-state index in [0.29, 0.717) is 17.9 Å². The second-order valence-corrected chi connectivity index (χ2v) is 3.93. The number of pyridine rings is 1. The lowest BCUT2D eigenvalue weighted by Gasteiger charge is -2.14. The molecule has 2 rings (SSSR count). The molecule has 3 heteroatoms. The van der Waals surface area contributed by atoms with Crippen molar-refractivity contribution in [2.24, 2.45) is 5.92 Å². The second-order valence-electron chi connectivity index (χ2n) is 3.93. The number of hydrogen-bond acceptors (Lipinski definition) is 3. The summed E-state index contributed by atoms with van der Waals surface area (Å²) < 4.78 is 5.38. The third kappa shape index (κ3) is 2.60. The van der Waals surface area contributed by atoms with Crippen LogP contribution < -0.4 is 0 Å². The van der Waals surface area contributed by atoms with Crippen LogP contribution in [0.1, 0.15) is 29.6 Å². The molecule has 1 saturated carbocycles. The summed E-state index contributed by atoms with van der Waals surface area (Å²) in [5, 5.41) is 0. The fourth-order valence-electron chi connectivity index (χ4n) is 1.58. The maximum Gasteiger partial charge on any atom is 0.340 e. The lowest BCUT2D eigenvalue weighted by molar-refractivity contribution is 0.0260. The van der Waals surface area contributed by atoms with E-state index in [2.05, 4.69) is 10.9 Å². The van der Waals surface area contributed by atoms with Crippen molar-refractivity contribution in [1.29, 1.82) is 0 Å². The Balaban J connectivity index is 1.98. The van der Waals surface area contributed by atoms with Gasteiger partial charge in [0.15, 0.2) is 0 Å². The van der Waals surface area contributed by atoms with E-state index in [4.69, 9.17) is 11.2 Å². The van der Waals surface area contributed by atoms with Crippen LogP contribution in [0.3, 0.4) is 0 Å². The minimum atomic E-state index is -0.333. The number of hydrogen-bond donors (Lipinski definition) is 0. The van der Waals surface area contributed by atoms with Crippen LogP contribution in [-0.4, -0.2) is 17.1 Å². The van der Waals surface area contributed by atoms with Crippen molar-refractivity contribution in [2.75, 3.05) is 0 Å². The Morgan fingerprint density at radius 1 is 1.69 bits per heavy atom. The van der Waals surface area contributed by atoms with E-state index >= 15 is 0 Å². The molecule has 1 fully saturated rings. The average Bonchev–Trinajstić information content (AvgIpc) is 3.13. The summed E-state index contributed by atoms with van der Waals surface area (Å²) in [4.78, 5) is 15.6. The number of carbonyl (C=O) groups is 1. The summed E-state index contributed by atoms with van der Waals surface area (Å²) in [5.74, 6) is 2.68. The molecule has 0 aliphatic heterocycles. The van der Waals surface area contributed by atoms with Crippen LogP contribution in [0.4, 0.5) is 0 Å². The highest BCUT2D eigenvalue weighted by atomic mass is 16.5. The Hall–Kier alpha value is -1.82.